The number of hydrogen-bond acceptors (Lipinski definition) is 3. The van der Waals surface area contributed by atoms with Crippen molar-refractivity contribution in [2.45, 2.75) is 51.5 Å². The predicted molar refractivity (Wildman–Crippen MR) is 110 cm³/mol. The topological polar surface area (TPSA) is 60.9 Å². The van der Waals surface area contributed by atoms with Gasteiger partial charge in [0.2, 0.25) is 11.8 Å². The van der Waals surface area contributed by atoms with Crippen molar-refractivity contribution in [2.75, 3.05) is 32.7 Å². The summed E-state index contributed by atoms with van der Waals surface area (Å²) in [6.07, 6.45) is 5.64. The monoisotopic (exact) mass is 397 g/mol. The van der Waals surface area contributed by atoms with Gasteiger partial charge in [-0.05, 0) is 38.3 Å². The van der Waals surface area contributed by atoms with E-state index in [2.05, 4.69) is 0 Å². The lowest BCUT2D eigenvalue weighted by Gasteiger charge is -2.26. The summed E-state index contributed by atoms with van der Waals surface area (Å²) < 4.78 is 0. The smallest absolute Gasteiger partial charge is 0.253 e. The van der Waals surface area contributed by atoms with Crippen molar-refractivity contribution < 1.29 is 14.4 Å². The van der Waals surface area contributed by atoms with Crippen LogP contribution >= 0.6 is 0 Å². The highest BCUT2D eigenvalue weighted by Gasteiger charge is 2.40. The van der Waals surface area contributed by atoms with Crippen LogP contribution < -0.4 is 0 Å². The molecule has 156 valence electrons. The van der Waals surface area contributed by atoms with Gasteiger partial charge in [-0.15, -0.1) is 0 Å². The molecule has 0 spiro atoms. The first-order chi connectivity index (χ1) is 14.0. The van der Waals surface area contributed by atoms with Crippen molar-refractivity contribution >= 4 is 17.7 Å². The molecule has 3 aliphatic rings. The van der Waals surface area contributed by atoms with Crippen LogP contribution in [0.3, 0.4) is 0 Å². The Morgan fingerprint density at radius 3 is 2.45 bits per heavy atom. The molecule has 6 nitrogen and oxygen atoms in total. The van der Waals surface area contributed by atoms with Gasteiger partial charge < -0.3 is 14.7 Å². The van der Waals surface area contributed by atoms with Crippen LogP contribution in [-0.4, -0.2) is 71.2 Å². The summed E-state index contributed by atoms with van der Waals surface area (Å²) in [7, 11) is 0. The number of rotatable bonds is 3. The van der Waals surface area contributed by atoms with Crippen molar-refractivity contribution in [2.24, 2.45) is 5.92 Å². The molecule has 6 heteroatoms. The Morgan fingerprint density at radius 2 is 1.69 bits per heavy atom. The van der Waals surface area contributed by atoms with Crippen molar-refractivity contribution in [3.05, 3.63) is 35.4 Å². The second-order valence-electron chi connectivity index (χ2n) is 8.73. The molecule has 1 aliphatic carbocycles. The highest BCUT2D eigenvalue weighted by molar-refractivity contribution is 5.94. The minimum atomic E-state index is -0.220. The molecule has 1 aromatic rings. The number of aryl methyl sites for hydroxylation is 1. The molecule has 0 N–H and O–H groups in total. The molecule has 3 fully saturated rings. The SMILES string of the molecule is Cc1cccc(C(=O)N2CCCN(C(=O)[C@H]3CC(=O)N(C4CCCC4)C3)CC2)c1. The van der Waals surface area contributed by atoms with Crippen LogP contribution in [0.5, 0.6) is 0 Å². The fourth-order valence-corrected chi connectivity index (χ4v) is 5.03. The van der Waals surface area contributed by atoms with Crippen molar-refractivity contribution in [1.29, 1.82) is 0 Å². The van der Waals surface area contributed by atoms with E-state index < -0.39 is 0 Å². The summed E-state index contributed by atoms with van der Waals surface area (Å²) >= 11 is 0. The normalized spacial score (nSPS) is 23.6. The van der Waals surface area contributed by atoms with E-state index in [9.17, 15) is 14.4 Å². The number of likely N-dealkylation sites (tertiary alicyclic amines) is 1. The lowest BCUT2D eigenvalue weighted by atomic mass is 10.1. The van der Waals surface area contributed by atoms with Gasteiger partial charge in [0, 0.05) is 50.7 Å². The molecule has 0 aromatic heterocycles. The van der Waals surface area contributed by atoms with Crippen molar-refractivity contribution in [3.8, 4) is 0 Å². The third-order valence-electron chi connectivity index (χ3n) is 6.63. The van der Waals surface area contributed by atoms with Crippen LogP contribution in [0.15, 0.2) is 24.3 Å². The van der Waals surface area contributed by atoms with E-state index in [-0.39, 0.29) is 23.6 Å². The fraction of sp³-hybridized carbons (Fsp3) is 0.609. The van der Waals surface area contributed by atoms with E-state index in [0.29, 0.717) is 50.7 Å². The average Bonchev–Trinajstić information content (AvgIpc) is 3.30. The van der Waals surface area contributed by atoms with Gasteiger partial charge in [-0.2, -0.15) is 0 Å². The number of benzene rings is 1. The largest absolute Gasteiger partial charge is 0.341 e. The maximum Gasteiger partial charge on any atom is 0.253 e. The van der Waals surface area contributed by atoms with E-state index in [1.807, 2.05) is 45.9 Å². The maximum atomic E-state index is 13.1. The quantitative estimate of drug-likeness (QED) is 0.787. The first-order valence-corrected chi connectivity index (χ1v) is 11.0. The molecule has 4 rings (SSSR count). The summed E-state index contributed by atoms with van der Waals surface area (Å²) in [5.74, 6) is 0.0404. The highest BCUT2D eigenvalue weighted by atomic mass is 16.2. The Hall–Kier alpha value is -2.37. The van der Waals surface area contributed by atoms with Gasteiger partial charge in [0.15, 0.2) is 0 Å². The zero-order valence-corrected chi connectivity index (χ0v) is 17.3. The molecule has 1 atom stereocenters. The maximum absolute atomic E-state index is 13.1. The third-order valence-corrected chi connectivity index (χ3v) is 6.63. The number of carbonyl (C=O) groups excluding carboxylic acids is 3. The molecule has 2 aliphatic heterocycles. The highest BCUT2D eigenvalue weighted by Crippen LogP contribution is 2.30. The molecule has 3 amide bonds. The Labute approximate surface area is 172 Å². The molecule has 1 aromatic carbocycles. The zero-order valence-electron chi connectivity index (χ0n) is 17.3. The van der Waals surface area contributed by atoms with E-state index in [4.69, 9.17) is 0 Å². The molecular formula is C23H31N3O3. The summed E-state index contributed by atoms with van der Waals surface area (Å²) in [4.78, 5) is 44.1. The Balaban J connectivity index is 1.35. The summed E-state index contributed by atoms with van der Waals surface area (Å²) in [6.45, 7) is 4.97. The van der Waals surface area contributed by atoms with Crippen LogP contribution in [0.1, 0.15) is 54.4 Å². The van der Waals surface area contributed by atoms with Crippen LogP contribution in [0.2, 0.25) is 0 Å². The van der Waals surface area contributed by atoms with Gasteiger partial charge in [-0.3, -0.25) is 14.4 Å². The average molecular weight is 398 g/mol. The zero-order chi connectivity index (χ0) is 20.4. The second kappa shape index (κ2) is 8.56. The first kappa shape index (κ1) is 19.9. The number of nitrogens with zero attached hydrogens (tertiary/aromatic N) is 3. The van der Waals surface area contributed by atoms with Gasteiger partial charge in [-0.1, -0.05) is 30.5 Å². The van der Waals surface area contributed by atoms with E-state index in [1.165, 1.54) is 12.8 Å². The van der Waals surface area contributed by atoms with Gasteiger partial charge >= 0.3 is 0 Å². The van der Waals surface area contributed by atoms with Gasteiger partial charge in [0.25, 0.3) is 5.91 Å². The minimum absolute atomic E-state index is 0.0338. The predicted octanol–water partition coefficient (Wildman–Crippen LogP) is 2.46. The van der Waals surface area contributed by atoms with Gasteiger partial charge in [-0.25, -0.2) is 0 Å². The molecule has 0 radical (unpaired) electrons. The van der Waals surface area contributed by atoms with Crippen molar-refractivity contribution in [1.82, 2.24) is 14.7 Å². The third kappa shape index (κ3) is 4.31. The van der Waals surface area contributed by atoms with Crippen LogP contribution in [0.25, 0.3) is 0 Å². The fourth-order valence-electron chi connectivity index (χ4n) is 5.03. The molecule has 0 unspecified atom stereocenters. The first-order valence-electron chi connectivity index (χ1n) is 11.0. The summed E-state index contributed by atoms with van der Waals surface area (Å²) in [5.41, 5.74) is 1.78. The van der Waals surface area contributed by atoms with E-state index in [0.717, 1.165) is 24.8 Å². The number of hydrogen-bond donors (Lipinski definition) is 0. The number of amides is 3. The lowest BCUT2D eigenvalue weighted by molar-refractivity contribution is -0.135. The van der Waals surface area contributed by atoms with Gasteiger partial charge in [0.05, 0.1) is 5.92 Å². The number of carbonyl (C=O) groups is 3. The van der Waals surface area contributed by atoms with Crippen LogP contribution in [-0.2, 0) is 9.59 Å². The van der Waals surface area contributed by atoms with E-state index >= 15 is 0 Å². The lowest BCUT2D eigenvalue weighted by Crippen LogP contribution is -2.41. The Morgan fingerprint density at radius 1 is 0.966 bits per heavy atom. The van der Waals surface area contributed by atoms with Crippen LogP contribution in [0.4, 0.5) is 0 Å². The van der Waals surface area contributed by atoms with Crippen molar-refractivity contribution in [3.63, 3.8) is 0 Å². The second-order valence-corrected chi connectivity index (χ2v) is 8.73. The summed E-state index contributed by atoms with van der Waals surface area (Å²) in [5, 5.41) is 0. The van der Waals surface area contributed by atoms with Gasteiger partial charge in [0.1, 0.15) is 0 Å². The Bertz CT molecular complexity index is 787. The minimum Gasteiger partial charge on any atom is -0.341 e. The molecule has 2 heterocycles. The molecule has 2 saturated heterocycles. The molecule has 1 saturated carbocycles. The Kier molecular flexibility index (Phi) is 5.88. The van der Waals surface area contributed by atoms with E-state index in [1.54, 1.807) is 0 Å². The van der Waals surface area contributed by atoms with Crippen LogP contribution in [0, 0.1) is 12.8 Å². The summed E-state index contributed by atoms with van der Waals surface area (Å²) in [6, 6.07) is 8.00. The standard InChI is InChI=1S/C23H31N3O3/c1-17-6-4-7-18(14-17)22(28)24-10-5-11-25(13-12-24)23(29)19-15-21(27)26(16-19)20-8-2-3-9-20/h4,6-7,14,19-20H,2-3,5,8-13,15-16H2,1H3/t19-/m0/s1. The molecular weight excluding hydrogens is 366 g/mol. The molecule has 29 heavy (non-hydrogen) atoms. The molecule has 0 bridgehead atoms.